The minimum atomic E-state index is 0.213. The summed E-state index contributed by atoms with van der Waals surface area (Å²) in [6.07, 6.45) is 2.38. The lowest BCUT2D eigenvalue weighted by Gasteiger charge is -2.38. The van der Waals surface area contributed by atoms with Gasteiger partial charge in [-0.1, -0.05) is 23.2 Å². The van der Waals surface area contributed by atoms with Gasteiger partial charge in [0.15, 0.2) is 0 Å². The van der Waals surface area contributed by atoms with Crippen LogP contribution in [0, 0.1) is 0 Å². The summed E-state index contributed by atoms with van der Waals surface area (Å²) in [5, 5.41) is 1.62. The van der Waals surface area contributed by atoms with Crippen LogP contribution in [0.3, 0.4) is 0 Å². The Morgan fingerprint density at radius 2 is 1.85 bits per heavy atom. The highest BCUT2D eigenvalue weighted by molar-refractivity contribution is 6.34. The number of nitrogens with two attached hydrogens (primary N) is 1. The number of nitrogens with zero attached hydrogens (tertiary/aromatic N) is 2. The molecule has 0 amide bonds. The van der Waals surface area contributed by atoms with E-state index in [1.165, 1.54) is 18.4 Å². The molecular weight excluding hydrogens is 293 g/mol. The monoisotopic (exact) mass is 313 g/mol. The quantitative estimate of drug-likeness (QED) is 0.911. The van der Waals surface area contributed by atoms with E-state index < -0.39 is 0 Å². The van der Waals surface area contributed by atoms with Crippen LogP contribution in [0.1, 0.15) is 30.0 Å². The van der Waals surface area contributed by atoms with Gasteiger partial charge in [-0.2, -0.15) is 0 Å². The molecule has 20 heavy (non-hydrogen) atoms. The second-order valence-corrected chi connectivity index (χ2v) is 6.69. The van der Waals surface area contributed by atoms with Crippen LogP contribution in [-0.4, -0.2) is 42.5 Å². The summed E-state index contributed by atoms with van der Waals surface area (Å²) < 4.78 is 0. The first kappa shape index (κ1) is 14.6. The van der Waals surface area contributed by atoms with Crippen LogP contribution in [0.4, 0.5) is 0 Å². The zero-order valence-corrected chi connectivity index (χ0v) is 13.3. The molecule has 0 bridgehead atoms. The molecule has 1 unspecified atom stereocenters. The van der Waals surface area contributed by atoms with Crippen molar-refractivity contribution in [2.24, 2.45) is 5.73 Å². The van der Waals surface area contributed by atoms with Gasteiger partial charge in [0.25, 0.3) is 0 Å². The first-order valence-corrected chi connectivity index (χ1v) is 7.98. The van der Waals surface area contributed by atoms with Gasteiger partial charge in [0.2, 0.25) is 0 Å². The van der Waals surface area contributed by atoms with Crippen molar-refractivity contribution in [2.45, 2.75) is 31.5 Å². The lowest BCUT2D eigenvalue weighted by Crippen LogP contribution is -2.44. The van der Waals surface area contributed by atoms with E-state index in [0.29, 0.717) is 12.6 Å². The van der Waals surface area contributed by atoms with Crippen LogP contribution in [0.25, 0.3) is 0 Å². The van der Waals surface area contributed by atoms with Crippen molar-refractivity contribution in [3.8, 4) is 0 Å². The van der Waals surface area contributed by atoms with E-state index in [4.69, 9.17) is 28.9 Å². The molecule has 2 N–H and O–H groups in total. The Bertz CT molecular complexity index is 498. The Kier molecular flexibility index (Phi) is 4.25. The smallest absolute Gasteiger partial charge is 0.0495 e. The van der Waals surface area contributed by atoms with Gasteiger partial charge in [-0.3, -0.25) is 4.90 Å². The lowest BCUT2D eigenvalue weighted by molar-refractivity contribution is 0.0909. The average Bonchev–Trinajstić information content (AvgIpc) is 2.84. The maximum absolute atomic E-state index is 6.39. The van der Waals surface area contributed by atoms with Crippen LogP contribution in [-0.2, 0) is 6.54 Å². The molecule has 2 aliphatic rings. The summed E-state index contributed by atoms with van der Waals surface area (Å²) in [6.45, 7) is 3.77. The highest BCUT2D eigenvalue weighted by Crippen LogP contribution is 2.43. The summed E-state index contributed by atoms with van der Waals surface area (Å²) in [5.41, 5.74) is 8.37. The third kappa shape index (κ3) is 2.46. The summed E-state index contributed by atoms with van der Waals surface area (Å²) >= 11 is 12.8. The van der Waals surface area contributed by atoms with Gasteiger partial charge in [0.05, 0.1) is 0 Å². The molecule has 0 saturated carbocycles. The largest absolute Gasteiger partial charge is 0.329 e. The number of likely N-dealkylation sites (tertiary alicyclic amines) is 1. The third-order valence-electron chi connectivity index (χ3n) is 4.70. The Hall–Kier alpha value is -0.320. The van der Waals surface area contributed by atoms with E-state index in [1.807, 2.05) is 12.1 Å². The predicted molar refractivity (Wildman–Crippen MR) is 84.3 cm³/mol. The maximum atomic E-state index is 6.39. The zero-order valence-electron chi connectivity index (χ0n) is 11.8. The molecule has 3 nitrogen and oxygen atoms in total. The molecule has 110 valence electrons. The predicted octanol–water partition coefficient (Wildman–Crippen LogP) is 2.90. The first-order valence-electron chi connectivity index (χ1n) is 7.23. The molecule has 1 aromatic rings. The summed E-state index contributed by atoms with van der Waals surface area (Å²) in [7, 11) is 2.18. The number of benzene rings is 1. The van der Waals surface area contributed by atoms with Crippen LogP contribution < -0.4 is 5.73 Å². The number of fused-ring (bicyclic) bond motifs is 1. The summed E-state index contributed by atoms with van der Waals surface area (Å²) in [4.78, 5) is 4.90. The van der Waals surface area contributed by atoms with E-state index in [-0.39, 0.29) is 6.04 Å². The van der Waals surface area contributed by atoms with Crippen molar-refractivity contribution in [1.29, 1.82) is 0 Å². The molecule has 1 aromatic carbocycles. The summed E-state index contributed by atoms with van der Waals surface area (Å²) in [6, 6.07) is 4.58. The zero-order chi connectivity index (χ0) is 14.3. The lowest BCUT2D eigenvalue weighted by atomic mass is 10.0. The number of hydrogen-bond acceptors (Lipinski definition) is 3. The Morgan fingerprint density at radius 1 is 1.20 bits per heavy atom. The highest BCUT2D eigenvalue weighted by atomic mass is 35.5. The number of rotatable bonds is 2. The van der Waals surface area contributed by atoms with Gasteiger partial charge >= 0.3 is 0 Å². The van der Waals surface area contributed by atoms with Gasteiger partial charge in [0, 0.05) is 35.2 Å². The molecule has 2 aliphatic heterocycles. The van der Waals surface area contributed by atoms with Crippen molar-refractivity contribution in [1.82, 2.24) is 9.80 Å². The minimum absolute atomic E-state index is 0.213. The van der Waals surface area contributed by atoms with E-state index in [2.05, 4.69) is 16.8 Å². The van der Waals surface area contributed by atoms with Crippen molar-refractivity contribution < 1.29 is 0 Å². The second-order valence-electron chi connectivity index (χ2n) is 5.88. The molecule has 1 atom stereocenters. The normalized spacial score (nSPS) is 25.1. The molecule has 0 spiro atoms. The fraction of sp³-hybridized carbons (Fsp3) is 0.600. The number of hydrogen-bond donors (Lipinski definition) is 1. The van der Waals surface area contributed by atoms with Crippen molar-refractivity contribution in [2.75, 3.05) is 26.7 Å². The molecule has 0 aromatic heterocycles. The fourth-order valence-corrected chi connectivity index (χ4v) is 4.08. The van der Waals surface area contributed by atoms with Crippen molar-refractivity contribution >= 4 is 23.2 Å². The van der Waals surface area contributed by atoms with Crippen LogP contribution in [0.15, 0.2) is 12.1 Å². The van der Waals surface area contributed by atoms with E-state index in [1.54, 1.807) is 0 Å². The van der Waals surface area contributed by atoms with Gasteiger partial charge in [-0.05, 0) is 56.2 Å². The van der Waals surface area contributed by atoms with E-state index in [9.17, 15) is 0 Å². The molecule has 0 radical (unpaired) electrons. The maximum Gasteiger partial charge on any atom is 0.0495 e. The molecule has 1 saturated heterocycles. The van der Waals surface area contributed by atoms with E-state index in [0.717, 1.165) is 35.2 Å². The van der Waals surface area contributed by atoms with Crippen LogP contribution >= 0.6 is 23.2 Å². The molecule has 3 rings (SSSR count). The molecular formula is C15H21Cl2N3. The van der Waals surface area contributed by atoms with Crippen LogP contribution in [0.2, 0.25) is 10.0 Å². The number of piperidine rings is 1. The van der Waals surface area contributed by atoms with E-state index >= 15 is 0 Å². The molecule has 5 heteroatoms. The van der Waals surface area contributed by atoms with Gasteiger partial charge < -0.3 is 10.6 Å². The third-order valence-corrected chi connectivity index (χ3v) is 5.39. The standard InChI is InChI=1S/C15H21Cl2N3/c1-19-6-4-10(5-7-19)20-9-11-12(16)2-3-13(17)15(11)14(20)8-18/h2-3,10,14H,4-9,18H2,1H3. The van der Waals surface area contributed by atoms with Gasteiger partial charge in [0.1, 0.15) is 0 Å². The fourth-order valence-electron chi connectivity index (χ4n) is 3.55. The highest BCUT2D eigenvalue weighted by Gasteiger charge is 2.37. The SMILES string of the molecule is CN1CCC(N2Cc3c(Cl)ccc(Cl)c3C2CN)CC1. The molecule has 1 fully saturated rings. The van der Waals surface area contributed by atoms with Crippen LogP contribution in [0.5, 0.6) is 0 Å². The van der Waals surface area contributed by atoms with Crippen molar-refractivity contribution in [3.63, 3.8) is 0 Å². The molecule has 2 heterocycles. The van der Waals surface area contributed by atoms with Gasteiger partial charge in [-0.15, -0.1) is 0 Å². The molecule has 0 aliphatic carbocycles. The van der Waals surface area contributed by atoms with Crippen molar-refractivity contribution in [3.05, 3.63) is 33.3 Å². The Labute approximate surface area is 130 Å². The first-order chi connectivity index (χ1) is 9.61. The second kappa shape index (κ2) is 5.82. The topological polar surface area (TPSA) is 32.5 Å². The number of halogens is 2. The summed E-state index contributed by atoms with van der Waals surface area (Å²) in [5.74, 6) is 0. The Balaban J connectivity index is 1.89. The minimum Gasteiger partial charge on any atom is -0.329 e. The average molecular weight is 314 g/mol. The Morgan fingerprint density at radius 3 is 2.50 bits per heavy atom. The van der Waals surface area contributed by atoms with Gasteiger partial charge in [-0.25, -0.2) is 0 Å².